The van der Waals surface area contributed by atoms with Crippen molar-refractivity contribution in [2.75, 3.05) is 5.43 Å². The lowest BCUT2D eigenvalue weighted by Crippen LogP contribution is -2.12. The van der Waals surface area contributed by atoms with Gasteiger partial charge < -0.3 is 4.57 Å². The van der Waals surface area contributed by atoms with Crippen LogP contribution in [0.1, 0.15) is 6.92 Å². The van der Waals surface area contributed by atoms with Gasteiger partial charge in [0.1, 0.15) is 0 Å². The van der Waals surface area contributed by atoms with E-state index in [9.17, 15) is 0 Å². The lowest BCUT2D eigenvalue weighted by molar-refractivity contribution is 0.791. The van der Waals surface area contributed by atoms with Crippen LogP contribution in [0.25, 0.3) is 11.0 Å². The Morgan fingerprint density at radius 3 is 2.60 bits per heavy atom. The molecule has 0 fully saturated rings. The van der Waals surface area contributed by atoms with E-state index >= 15 is 0 Å². The van der Waals surface area contributed by atoms with Crippen molar-refractivity contribution in [2.45, 2.75) is 13.5 Å². The summed E-state index contributed by atoms with van der Waals surface area (Å²) in [6.07, 6.45) is 0. The molecule has 0 saturated heterocycles. The highest BCUT2D eigenvalue weighted by Crippen LogP contribution is 2.17. The Kier molecular flexibility index (Phi) is 5.43. The minimum Gasteiger partial charge on any atom is -0.309 e. The molecule has 0 amide bonds. The van der Waals surface area contributed by atoms with Gasteiger partial charge in [0.05, 0.1) is 11.0 Å². The zero-order chi connectivity index (χ0) is 9.26. The van der Waals surface area contributed by atoms with E-state index in [1.54, 1.807) is 0 Å². The molecule has 0 radical (unpaired) electrons. The molecule has 0 atom stereocenters. The molecule has 15 heavy (non-hydrogen) atoms. The second kappa shape index (κ2) is 5.80. The fourth-order valence-corrected chi connectivity index (χ4v) is 1.51. The predicted molar refractivity (Wildman–Crippen MR) is 67.7 cm³/mol. The maximum Gasteiger partial charge on any atom is 0.218 e. The number of aryl methyl sites for hydroxylation is 1. The summed E-state index contributed by atoms with van der Waals surface area (Å²) in [5.74, 6) is 6.07. The molecule has 0 saturated carbocycles. The van der Waals surface area contributed by atoms with Gasteiger partial charge in [-0.05, 0) is 19.1 Å². The summed E-state index contributed by atoms with van der Waals surface area (Å²) in [5, 5.41) is 0. The SMILES string of the molecule is CCn1c(NN)nc2ccccc21.Cl.Cl. The van der Waals surface area contributed by atoms with E-state index in [1.165, 1.54) is 0 Å². The molecular formula is C9H14Cl2N4. The van der Waals surface area contributed by atoms with Crippen LogP contribution in [0.4, 0.5) is 5.95 Å². The molecule has 2 aromatic rings. The van der Waals surface area contributed by atoms with Crippen molar-refractivity contribution in [1.82, 2.24) is 9.55 Å². The third-order valence-electron chi connectivity index (χ3n) is 2.10. The zero-order valence-electron chi connectivity index (χ0n) is 8.30. The molecular weight excluding hydrogens is 235 g/mol. The van der Waals surface area contributed by atoms with Gasteiger partial charge in [0.15, 0.2) is 0 Å². The number of anilines is 1. The number of nitrogens with one attached hydrogen (secondary N) is 1. The number of imidazole rings is 1. The van der Waals surface area contributed by atoms with Crippen LogP contribution in [-0.2, 0) is 6.54 Å². The fraction of sp³-hybridized carbons (Fsp3) is 0.222. The average molecular weight is 249 g/mol. The largest absolute Gasteiger partial charge is 0.309 e. The smallest absolute Gasteiger partial charge is 0.218 e. The molecule has 4 nitrogen and oxygen atoms in total. The molecule has 3 N–H and O–H groups in total. The number of halogens is 2. The lowest BCUT2D eigenvalue weighted by atomic mass is 10.3. The number of nitrogens with zero attached hydrogens (tertiary/aromatic N) is 2. The van der Waals surface area contributed by atoms with Crippen LogP contribution >= 0.6 is 24.8 Å². The summed E-state index contributed by atoms with van der Waals surface area (Å²) in [7, 11) is 0. The Morgan fingerprint density at radius 2 is 2.00 bits per heavy atom. The summed E-state index contributed by atoms with van der Waals surface area (Å²) < 4.78 is 2.04. The molecule has 0 aliphatic carbocycles. The maximum absolute atomic E-state index is 5.36. The molecule has 1 aromatic carbocycles. The van der Waals surface area contributed by atoms with Crippen molar-refractivity contribution in [1.29, 1.82) is 0 Å². The Balaban J connectivity index is 0.000000980. The van der Waals surface area contributed by atoms with Crippen LogP contribution < -0.4 is 11.3 Å². The van der Waals surface area contributed by atoms with E-state index in [1.807, 2.05) is 28.8 Å². The molecule has 0 aliphatic rings. The highest BCUT2D eigenvalue weighted by molar-refractivity contribution is 5.85. The predicted octanol–water partition coefficient (Wildman–Crippen LogP) is 2.19. The molecule has 0 bridgehead atoms. The van der Waals surface area contributed by atoms with Crippen LogP contribution in [0.5, 0.6) is 0 Å². The number of para-hydroxylation sites is 2. The Hall–Kier alpha value is -0.970. The first-order valence-corrected chi connectivity index (χ1v) is 4.28. The van der Waals surface area contributed by atoms with Crippen LogP contribution in [0.3, 0.4) is 0 Å². The number of rotatable bonds is 2. The van der Waals surface area contributed by atoms with Crippen LogP contribution in [0, 0.1) is 0 Å². The fourth-order valence-electron chi connectivity index (χ4n) is 1.51. The average Bonchev–Trinajstić information content (AvgIpc) is 2.55. The van der Waals surface area contributed by atoms with Gasteiger partial charge in [-0.3, -0.25) is 5.43 Å². The van der Waals surface area contributed by atoms with Crippen molar-refractivity contribution < 1.29 is 0 Å². The number of hydrogen-bond donors (Lipinski definition) is 2. The van der Waals surface area contributed by atoms with E-state index in [-0.39, 0.29) is 24.8 Å². The van der Waals surface area contributed by atoms with Crippen molar-refractivity contribution in [3.05, 3.63) is 24.3 Å². The lowest BCUT2D eigenvalue weighted by Gasteiger charge is -2.03. The number of hydrogen-bond acceptors (Lipinski definition) is 3. The van der Waals surface area contributed by atoms with Crippen LogP contribution in [0.2, 0.25) is 0 Å². The molecule has 0 aliphatic heterocycles. The summed E-state index contributed by atoms with van der Waals surface area (Å²) >= 11 is 0. The number of fused-ring (bicyclic) bond motifs is 1. The zero-order valence-corrected chi connectivity index (χ0v) is 9.94. The number of nitrogen functional groups attached to an aromatic ring is 1. The second-order valence-corrected chi connectivity index (χ2v) is 2.81. The third-order valence-corrected chi connectivity index (χ3v) is 2.10. The maximum atomic E-state index is 5.36. The first-order chi connectivity index (χ1) is 6.36. The normalized spacial score (nSPS) is 9.20. The highest BCUT2D eigenvalue weighted by Gasteiger charge is 2.05. The first kappa shape index (κ1) is 14.0. The van der Waals surface area contributed by atoms with E-state index in [2.05, 4.69) is 17.3 Å². The van der Waals surface area contributed by atoms with E-state index in [0.717, 1.165) is 17.6 Å². The summed E-state index contributed by atoms with van der Waals surface area (Å²) in [5.41, 5.74) is 4.67. The highest BCUT2D eigenvalue weighted by atomic mass is 35.5. The Bertz CT molecular complexity index is 427. The summed E-state index contributed by atoms with van der Waals surface area (Å²) in [6.45, 7) is 2.93. The van der Waals surface area contributed by atoms with Crippen molar-refractivity contribution in [3.8, 4) is 0 Å². The van der Waals surface area contributed by atoms with E-state index < -0.39 is 0 Å². The summed E-state index contributed by atoms with van der Waals surface area (Å²) in [4.78, 5) is 4.33. The standard InChI is InChI=1S/C9H12N4.2ClH/c1-2-13-8-6-4-3-5-7(8)11-9(13)12-10;;/h3-6H,2,10H2,1H3,(H,11,12);2*1H. The van der Waals surface area contributed by atoms with Gasteiger partial charge in [0.25, 0.3) is 0 Å². The minimum atomic E-state index is 0. The molecule has 0 spiro atoms. The molecule has 0 unspecified atom stereocenters. The summed E-state index contributed by atoms with van der Waals surface area (Å²) in [6, 6.07) is 7.97. The van der Waals surface area contributed by atoms with Crippen molar-refractivity contribution in [3.63, 3.8) is 0 Å². The van der Waals surface area contributed by atoms with Crippen LogP contribution in [0.15, 0.2) is 24.3 Å². The Labute approximate surface area is 101 Å². The van der Waals surface area contributed by atoms with Gasteiger partial charge in [-0.25, -0.2) is 10.8 Å². The van der Waals surface area contributed by atoms with Gasteiger partial charge in [-0.2, -0.15) is 0 Å². The van der Waals surface area contributed by atoms with Crippen molar-refractivity contribution >= 4 is 41.8 Å². The molecule has 84 valence electrons. The Morgan fingerprint density at radius 1 is 1.33 bits per heavy atom. The number of aromatic nitrogens is 2. The molecule has 1 aromatic heterocycles. The quantitative estimate of drug-likeness (QED) is 0.633. The van der Waals surface area contributed by atoms with Gasteiger partial charge in [0.2, 0.25) is 5.95 Å². The monoisotopic (exact) mass is 248 g/mol. The van der Waals surface area contributed by atoms with E-state index in [4.69, 9.17) is 5.84 Å². The number of nitrogens with two attached hydrogens (primary N) is 1. The van der Waals surface area contributed by atoms with Crippen LogP contribution in [-0.4, -0.2) is 9.55 Å². The topological polar surface area (TPSA) is 55.9 Å². The van der Waals surface area contributed by atoms with Gasteiger partial charge in [-0.1, -0.05) is 12.1 Å². The molecule has 1 heterocycles. The third kappa shape index (κ3) is 2.34. The van der Waals surface area contributed by atoms with Gasteiger partial charge >= 0.3 is 0 Å². The molecule has 2 rings (SSSR count). The molecule has 6 heteroatoms. The number of benzene rings is 1. The van der Waals surface area contributed by atoms with Gasteiger partial charge in [0, 0.05) is 6.54 Å². The van der Waals surface area contributed by atoms with Crippen molar-refractivity contribution in [2.24, 2.45) is 5.84 Å². The van der Waals surface area contributed by atoms with Gasteiger partial charge in [-0.15, -0.1) is 24.8 Å². The minimum absolute atomic E-state index is 0. The number of hydrazine groups is 1. The van der Waals surface area contributed by atoms with E-state index in [0.29, 0.717) is 5.95 Å². The first-order valence-electron chi connectivity index (χ1n) is 4.28. The second-order valence-electron chi connectivity index (χ2n) is 2.81.